The molecule has 7 nitrogen and oxygen atoms in total. The molecule has 1 aromatic heterocycles. The lowest BCUT2D eigenvalue weighted by Gasteiger charge is -2.48. The number of hydrogen-bond donors (Lipinski definition) is 1. The maximum Gasteiger partial charge on any atom is 0.280 e. The smallest absolute Gasteiger partial charge is 0.280 e. The zero-order valence-electron chi connectivity index (χ0n) is 16.5. The number of aromatic nitrogens is 1. The Balaban J connectivity index is 1.57. The fourth-order valence-corrected chi connectivity index (χ4v) is 4.31. The number of carbonyl (C=O) groups excluding carboxylic acids is 2. The van der Waals surface area contributed by atoms with E-state index >= 15 is 0 Å². The van der Waals surface area contributed by atoms with Crippen molar-refractivity contribution < 1.29 is 14.1 Å². The van der Waals surface area contributed by atoms with Gasteiger partial charge < -0.3 is 14.3 Å². The Hall–Kier alpha value is -2.05. The summed E-state index contributed by atoms with van der Waals surface area (Å²) in [7, 11) is 0. The van der Waals surface area contributed by atoms with Crippen LogP contribution in [0.5, 0.6) is 0 Å². The lowest BCUT2D eigenvalue weighted by molar-refractivity contribution is -0.143. The second-order valence-electron chi connectivity index (χ2n) is 8.60. The second kappa shape index (κ2) is 8.31. The molecule has 0 radical (unpaired) electrons. The fourth-order valence-electron chi connectivity index (χ4n) is 4.31. The molecule has 0 unspecified atom stereocenters. The van der Waals surface area contributed by atoms with E-state index in [-0.39, 0.29) is 22.8 Å². The van der Waals surface area contributed by atoms with E-state index in [0.29, 0.717) is 30.9 Å². The van der Waals surface area contributed by atoms with Crippen molar-refractivity contribution in [2.75, 3.05) is 26.2 Å². The van der Waals surface area contributed by atoms with Crippen molar-refractivity contribution in [3.63, 3.8) is 0 Å². The standard InChI is InChI=1S/C20H31N3O4/c1-15(2)7-11-23-14-20(9-6-19(23)26)8-3-10-22(13-20)18(25)5-4-16-12-17(24)21-27-16/h12,15H,3-11,13-14H2,1-2H3,(H,21,24)/t20-/m1/s1. The molecule has 1 atom stereocenters. The van der Waals surface area contributed by atoms with E-state index in [4.69, 9.17) is 4.52 Å². The summed E-state index contributed by atoms with van der Waals surface area (Å²) in [6.45, 7) is 7.45. The van der Waals surface area contributed by atoms with Gasteiger partial charge in [0.05, 0.1) is 0 Å². The first kappa shape index (κ1) is 19.7. The summed E-state index contributed by atoms with van der Waals surface area (Å²) >= 11 is 0. The summed E-state index contributed by atoms with van der Waals surface area (Å²) in [5, 5.41) is 2.25. The Labute approximate surface area is 160 Å². The highest BCUT2D eigenvalue weighted by molar-refractivity contribution is 5.78. The van der Waals surface area contributed by atoms with Gasteiger partial charge in [-0.05, 0) is 31.6 Å². The molecule has 3 rings (SSSR count). The molecule has 0 bridgehead atoms. The molecular weight excluding hydrogens is 346 g/mol. The van der Waals surface area contributed by atoms with Gasteiger partial charge in [-0.2, -0.15) is 5.16 Å². The van der Waals surface area contributed by atoms with E-state index in [1.807, 2.05) is 9.80 Å². The monoisotopic (exact) mass is 377 g/mol. The number of nitrogens with one attached hydrogen (secondary N) is 1. The summed E-state index contributed by atoms with van der Waals surface area (Å²) in [5.41, 5.74) is -0.234. The van der Waals surface area contributed by atoms with Crippen LogP contribution in [0.3, 0.4) is 0 Å². The number of hydrogen-bond acceptors (Lipinski definition) is 4. The molecular formula is C20H31N3O4. The van der Waals surface area contributed by atoms with Crippen molar-refractivity contribution in [2.45, 2.75) is 58.8 Å². The maximum atomic E-state index is 12.7. The summed E-state index contributed by atoms with van der Waals surface area (Å²) in [6, 6.07) is 1.39. The normalized spacial score (nSPS) is 23.4. The van der Waals surface area contributed by atoms with Crippen molar-refractivity contribution in [3.8, 4) is 0 Å². The van der Waals surface area contributed by atoms with Crippen molar-refractivity contribution in [3.05, 3.63) is 22.2 Å². The van der Waals surface area contributed by atoms with Gasteiger partial charge >= 0.3 is 0 Å². The van der Waals surface area contributed by atoms with Gasteiger partial charge in [-0.25, -0.2) is 0 Å². The Morgan fingerprint density at radius 2 is 2.11 bits per heavy atom. The fraction of sp³-hybridized carbons (Fsp3) is 0.750. The first-order chi connectivity index (χ1) is 12.9. The molecule has 1 spiro atoms. The average Bonchev–Trinajstić information content (AvgIpc) is 3.06. The SMILES string of the molecule is CC(C)CCN1C[C@]2(CCCN(C(=O)CCc3cc(=O)[nH]o3)C2)CCC1=O. The number of aromatic amines is 1. The largest absolute Gasteiger partial charge is 0.384 e. The Morgan fingerprint density at radius 1 is 1.30 bits per heavy atom. The van der Waals surface area contributed by atoms with E-state index in [1.54, 1.807) is 0 Å². The molecule has 1 N–H and O–H groups in total. The number of H-pyrrole nitrogens is 1. The molecule has 2 saturated heterocycles. The zero-order chi connectivity index (χ0) is 19.4. The minimum Gasteiger partial charge on any atom is -0.384 e. The van der Waals surface area contributed by atoms with Crippen molar-refractivity contribution >= 4 is 11.8 Å². The zero-order valence-corrected chi connectivity index (χ0v) is 16.5. The predicted octanol–water partition coefficient (Wildman–Crippen LogP) is 2.18. The Bertz CT molecular complexity index is 723. The molecule has 0 aliphatic carbocycles. The molecule has 3 heterocycles. The van der Waals surface area contributed by atoms with Crippen LogP contribution in [0.25, 0.3) is 0 Å². The Morgan fingerprint density at radius 3 is 2.81 bits per heavy atom. The van der Waals surface area contributed by atoms with Crippen LogP contribution in [-0.2, 0) is 16.0 Å². The number of amides is 2. The van der Waals surface area contributed by atoms with Crippen LogP contribution in [0, 0.1) is 11.3 Å². The van der Waals surface area contributed by atoms with Crippen LogP contribution >= 0.6 is 0 Å². The summed E-state index contributed by atoms with van der Waals surface area (Å²) in [6.07, 6.45) is 5.32. The first-order valence-corrected chi connectivity index (χ1v) is 10.1. The molecule has 2 amide bonds. The maximum absolute atomic E-state index is 12.7. The van der Waals surface area contributed by atoms with Gasteiger partial charge in [0.15, 0.2) is 0 Å². The average molecular weight is 377 g/mol. The predicted molar refractivity (Wildman–Crippen MR) is 101 cm³/mol. The van der Waals surface area contributed by atoms with Gasteiger partial charge in [0.2, 0.25) is 11.8 Å². The third-order valence-electron chi connectivity index (χ3n) is 5.90. The highest BCUT2D eigenvalue weighted by Crippen LogP contribution is 2.39. The summed E-state index contributed by atoms with van der Waals surface area (Å²) < 4.78 is 5.03. The van der Waals surface area contributed by atoms with Crippen LogP contribution < -0.4 is 5.56 Å². The van der Waals surface area contributed by atoms with Gasteiger partial charge in [0, 0.05) is 56.9 Å². The van der Waals surface area contributed by atoms with Gasteiger partial charge in [0.25, 0.3) is 5.56 Å². The minimum atomic E-state index is -0.275. The summed E-state index contributed by atoms with van der Waals surface area (Å²) in [5.74, 6) is 1.45. The number of likely N-dealkylation sites (tertiary alicyclic amines) is 2. The number of nitrogens with zero attached hydrogens (tertiary/aromatic N) is 2. The third kappa shape index (κ3) is 5.02. The minimum absolute atomic E-state index is 0.0411. The van der Waals surface area contributed by atoms with Crippen LogP contribution in [0.15, 0.2) is 15.4 Å². The summed E-state index contributed by atoms with van der Waals surface area (Å²) in [4.78, 5) is 40.1. The van der Waals surface area contributed by atoms with Crippen molar-refractivity contribution in [2.24, 2.45) is 11.3 Å². The molecule has 1 aromatic rings. The van der Waals surface area contributed by atoms with Crippen LogP contribution in [0.4, 0.5) is 0 Å². The first-order valence-electron chi connectivity index (χ1n) is 10.1. The van der Waals surface area contributed by atoms with Crippen LogP contribution in [-0.4, -0.2) is 52.9 Å². The highest BCUT2D eigenvalue weighted by Gasteiger charge is 2.42. The number of carbonyl (C=O) groups is 2. The van der Waals surface area contributed by atoms with Gasteiger partial charge in [-0.3, -0.25) is 14.4 Å². The van der Waals surface area contributed by atoms with Crippen LogP contribution in [0.1, 0.15) is 58.1 Å². The molecule has 150 valence electrons. The molecule has 0 aromatic carbocycles. The third-order valence-corrected chi connectivity index (χ3v) is 5.90. The quantitative estimate of drug-likeness (QED) is 0.823. The number of aryl methyl sites for hydroxylation is 1. The van der Waals surface area contributed by atoms with Crippen LogP contribution in [0.2, 0.25) is 0 Å². The molecule has 2 fully saturated rings. The van der Waals surface area contributed by atoms with Gasteiger partial charge in [-0.1, -0.05) is 13.8 Å². The number of piperidine rings is 2. The molecule has 0 saturated carbocycles. The highest BCUT2D eigenvalue weighted by atomic mass is 16.5. The van der Waals surface area contributed by atoms with Gasteiger partial charge in [-0.15, -0.1) is 0 Å². The Kier molecular flexibility index (Phi) is 6.07. The van der Waals surface area contributed by atoms with Crippen molar-refractivity contribution in [1.82, 2.24) is 15.0 Å². The molecule has 27 heavy (non-hydrogen) atoms. The molecule has 2 aliphatic heterocycles. The van der Waals surface area contributed by atoms with Gasteiger partial charge in [0.1, 0.15) is 5.76 Å². The molecule has 2 aliphatic rings. The topological polar surface area (TPSA) is 86.6 Å². The lowest BCUT2D eigenvalue weighted by Crippen LogP contribution is -2.55. The lowest BCUT2D eigenvalue weighted by atomic mass is 9.73. The second-order valence-corrected chi connectivity index (χ2v) is 8.60. The van der Waals surface area contributed by atoms with E-state index in [9.17, 15) is 14.4 Å². The van der Waals surface area contributed by atoms with E-state index < -0.39 is 0 Å². The van der Waals surface area contributed by atoms with E-state index in [1.165, 1.54) is 6.07 Å². The van der Waals surface area contributed by atoms with Crippen molar-refractivity contribution in [1.29, 1.82) is 0 Å². The van der Waals surface area contributed by atoms with E-state index in [0.717, 1.165) is 51.9 Å². The molecule has 7 heteroatoms. The number of rotatable bonds is 6. The van der Waals surface area contributed by atoms with E-state index in [2.05, 4.69) is 19.0 Å².